The van der Waals surface area contributed by atoms with Gasteiger partial charge in [0.25, 0.3) is 0 Å². The number of hydrogen-bond acceptors (Lipinski definition) is 5. The van der Waals surface area contributed by atoms with Gasteiger partial charge in [-0.2, -0.15) is 4.31 Å². The molecule has 2 aromatic carbocycles. The fourth-order valence-electron chi connectivity index (χ4n) is 4.95. The van der Waals surface area contributed by atoms with E-state index in [9.17, 15) is 21.6 Å². The van der Waals surface area contributed by atoms with Crippen LogP contribution in [0.5, 0.6) is 0 Å². The van der Waals surface area contributed by atoms with Crippen molar-refractivity contribution >= 4 is 26.0 Å². The zero-order valence-electron chi connectivity index (χ0n) is 23.3. The number of benzene rings is 2. The van der Waals surface area contributed by atoms with Gasteiger partial charge in [0, 0.05) is 49.0 Å². The van der Waals surface area contributed by atoms with Gasteiger partial charge < -0.3 is 14.4 Å². The predicted molar refractivity (Wildman–Crippen MR) is 153 cm³/mol. The Kier molecular flexibility index (Phi) is 13.4. The van der Waals surface area contributed by atoms with Crippen LogP contribution in [0.25, 0.3) is 0 Å². The highest BCUT2D eigenvalue weighted by Gasteiger charge is 2.35. The lowest BCUT2D eigenvalue weighted by Crippen LogP contribution is -2.43. The van der Waals surface area contributed by atoms with Crippen LogP contribution in [0.1, 0.15) is 56.9 Å². The Morgan fingerprint density at radius 1 is 0.875 bits per heavy atom. The van der Waals surface area contributed by atoms with E-state index in [1.165, 1.54) is 16.4 Å². The van der Waals surface area contributed by atoms with Crippen LogP contribution >= 0.6 is 15.9 Å². The summed E-state index contributed by atoms with van der Waals surface area (Å²) in [5.74, 6) is -3.50. The van der Waals surface area contributed by atoms with Gasteiger partial charge in [0.05, 0.1) is 17.6 Å². The Morgan fingerprint density at radius 3 is 2.20 bits per heavy atom. The Labute approximate surface area is 245 Å². The molecule has 11 heteroatoms. The van der Waals surface area contributed by atoms with Crippen molar-refractivity contribution < 1.29 is 31.1 Å². The van der Waals surface area contributed by atoms with Crippen molar-refractivity contribution in [2.45, 2.75) is 75.0 Å². The van der Waals surface area contributed by atoms with Crippen molar-refractivity contribution in [3.8, 4) is 0 Å². The molecule has 0 unspecified atom stereocenters. The van der Waals surface area contributed by atoms with E-state index in [4.69, 9.17) is 9.47 Å². The van der Waals surface area contributed by atoms with Gasteiger partial charge in [0.1, 0.15) is 5.82 Å². The molecule has 0 spiro atoms. The lowest BCUT2D eigenvalue weighted by Gasteiger charge is -2.36. The molecule has 224 valence electrons. The number of rotatable bonds is 16. The second kappa shape index (κ2) is 16.2. The maximum absolute atomic E-state index is 14.5. The quantitative estimate of drug-likeness (QED) is 0.153. The first-order chi connectivity index (χ1) is 19.1. The molecule has 0 bridgehead atoms. The van der Waals surface area contributed by atoms with Gasteiger partial charge in [-0.05, 0) is 82.4 Å². The number of nitrogens with zero attached hydrogens (tertiary/aromatic N) is 2. The van der Waals surface area contributed by atoms with E-state index in [-0.39, 0.29) is 16.6 Å². The number of unbranched alkanes of at least 4 members (excludes halogenated alkanes) is 3. The largest absolute Gasteiger partial charge is 0.383 e. The highest BCUT2D eigenvalue weighted by molar-refractivity contribution is 9.10. The molecule has 40 heavy (non-hydrogen) atoms. The molecule has 0 N–H and O–H groups in total. The molecule has 1 aliphatic carbocycles. The lowest BCUT2D eigenvalue weighted by atomic mass is 9.92. The van der Waals surface area contributed by atoms with Crippen molar-refractivity contribution in [2.24, 2.45) is 0 Å². The van der Waals surface area contributed by atoms with Crippen LogP contribution in [-0.4, -0.2) is 70.2 Å². The minimum Gasteiger partial charge on any atom is -0.383 e. The van der Waals surface area contributed by atoms with Crippen LogP contribution in [0, 0.1) is 17.5 Å². The van der Waals surface area contributed by atoms with Crippen LogP contribution in [0.4, 0.5) is 13.2 Å². The average Bonchev–Trinajstić information content (AvgIpc) is 2.93. The maximum atomic E-state index is 14.5. The summed E-state index contributed by atoms with van der Waals surface area (Å²) in [6.07, 6.45) is 6.76. The monoisotopic (exact) mass is 648 g/mol. The third-order valence-electron chi connectivity index (χ3n) is 7.35. The van der Waals surface area contributed by atoms with E-state index < -0.39 is 40.1 Å². The molecule has 0 atom stereocenters. The minimum atomic E-state index is -4.04. The molecule has 0 aliphatic heterocycles. The van der Waals surface area contributed by atoms with Gasteiger partial charge in [0.15, 0.2) is 11.6 Å². The highest BCUT2D eigenvalue weighted by atomic mass is 79.9. The molecule has 1 aliphatic rings. The summed E-state index contributed by atoms with van der Waals surface area (Å²) in [7, 11) is -0.232. The molecule has 0 amide bonds. The lowest BCUT2D eigenvalue weighted by molar-refractivity contribution is 0.0135. The van der Waals surface area contributed by atoms with Gasteiger partial charge >= 0.3 is 0 Å². The van der Waals surface area contributed by atoms with E-state index in [1.807, 2.05) is 0 Å². The third-order valence-corrected chi connectivity index (χ3v) is 9.79. The minimum absolute atomic E-state index is 0.0358. The van der Waals surface area contributed by atoms with Gasteiger partial charge in [-0.3, -0.25) is 0 Å². The SMILES string of the molecule is COCCN(C)CCCCCCOC1CCC(N(Cc2cc(F)c(F)cc2F)S(=O)(=O)c2ccc(Br)cc2)CC1. The zero-order valence-corrected chi connectivity index (χ0v) is 25.7. The van der Waals surface area contributed by atoms with Crippen molar-refractivity contribution in [3.63, 3.8) is 0 Å². The van der Waals surface area contributed by atoms with E-state index in [2.05, 4.69) is 27.9 Å². The predicted octanol–water partition coefficient (Wildman–Crippen LogP) is 6.52. The molecule has 6 nitrogen and oxygen atoms in total. The molecule has 0 aromatic heterocycles. The van der Waals surface area contributed by atoms with E-state index in [0.29, 0.717) is 38.4 Å². The van der Waals surface area contributed by atoms with Gasteiger partial charge in [-0.15, -0.1) is 0 Å². The molecular weight excluding hydrogens is 609 g/mol. The standard InChI is InChI=1S/C29H40BrF3N2O4S/c1-34(16-18-38-2)15-5-3-4-6-17-39-25-11-9-24(10-12-25)35(21-22-19-28(32)29(33)20-27(22)31)40(36,37)26-13-7-23(30)8-14-26/h7-8,13-14,19-20,24-25H,3-6,9-12,15-18,21H2,1-2H3. The first kappa shape index (κ1) is 33.0. The molecule has 1 saturated carbocycles. The molecule has 0 heterocycles. The van der Waals surface area contributed by atoms with Crippen LogP contribution < -0.4 is 0 Å². The van der Waals surface area contributed by atoms with Gasteiger partial charge in [0.2, 0.25) is 10.0 Å². The van der Waals surface area contributed by atoms with Crippen LogP contribution in [-0.2, 0) is 26.0 Å². The number of ether oxygens (including phenoxy) is 2. The van der Waals surface area contributed by atoms with Crippen LogP contribution in [0.2, 0.25) is 0 Å². The smallest absolute Gasteiger partial charge is 0.243 e. The number of hydrogen-bond donors (Lipinski definition) is 0. The van der Waals surface area contributed by atoms with Crippen molar-refractivity contribution in [2.75, 3.05) is 40.5 Å². The highest BCUT2D eigenvalue weighted by Crippen LogP contribution is 2.32. The Balaban J connectivity index is 1.55. The molecular formula is C29H40BrF3N2O4S. The number of sulfonamides is 1. The zero-order chi connectivity index (χ0) is 29.1. The second-order valence-electron chi connectivity index (χ2n) is 10.4. The molecule has 3 rings (SSSR count). The number of likely N-dealkylation sites (N-methyl/N-ethyl adjacent to an activating group) is 1. The summed E-state index contributed by atoms with van der Waals surface area (Å²) in [5, 5.41) is 0. The van der Waals surface area contributed by atoms with Gasteiger partial charge in [-0.25, -0.2) is 21.6 Å². The summed E-state index contributed by atoms with van der Waals surface area (Å²) in [6, 6.07) is 6.96. The average molecular weight is 650 g/mol. The number of halogens is 4. The Morgan fingerprint density at radius 2 is 1.52 bits per heavy atom. The normalized spacial score (nSPS) is 18.1. The topological polar surface area (TPSA) is 59.1 Å². The molecule has 2 aromatic rings. The molecule has 0 saturated heterocycles. The summed E-state index contributed by atoms with van der Waals surface area (Å²) in [6.45, 7) is 2.98. The number of methoxy groups -OCH3 is 1. The van der Waals surface area contributed by atoms with Crippen molar-refractivity contribution in [1.82, 2.24) is 9.21 Å². The van der Waals surface area contributed by atoms with E-state index in [1.54, 1.807) is 19.2 Å². The van der Waals surface area contributed by atoms with Crippen LogP contribution in [0.3, 0.4) is 0 Å². The first-order valence-electron chi connectivity index (χ1n) is 13.8. The Bertz CT molecular complexity index is 1160. The second-order valence-corrected chi connectivity index (χ2v) is 13.2. The van der Waals surface area contributed by atoms with Crippen LogP contribution in [0.15, 0.2) is 45.8 Å². The summed E-state index contributed by atoms with van der Waals surface area (Å²) >= 11 is 3.31. The van der Waals surface area contributed by atoms with Crippen molar-refractivity contribution in [1.29, 1.82) is 0 Å². The van der Waals surface area contributed by atoms with E-state index in [0.717, 1.165) is 55.9 Å². The molecule has 1 fully saturated rings. The summed E-state index contributed by atoms with van der Waals surface area (Å²) in [5.41, 5.74) is -0.206. The molecule has 0 radical (unpaired) electrons. The first-order valence-corrected chi connectivity index (χ1v) is 16.0. The van der Waals surface area contributed by atoms with Gasteiger partial charge in [-0.1, -0.05) is 28.8 Å². The summed E-state index contributed by atoms with van der Waals surface area (Å²) < 4.78 is 82.4. The fourth-order valence-corrected chi connectivity index (χ4v) is 6.88. The summed E-state index contributed by atoms with van der Waals surface area (Å²) in [4.78, 5) is 2.32. The fraction of sp³-hybridized carbons (Fsp3) is 0.586. The third kappa shape index (κ3) is 9.80. The van der Waals surface area contributed by atoms with Crippen molar-refractivity contribution in [3.05, 3.63) is 63.9 Å². The van der Waals surface area contributed by atoms with E-state index >= 15 is 0 Å². The Hall–Kier alpha value is -1.50. The maximum Gasteiger partial charge on any atom is 0.243 e.